The Morgan fingerprint density at radius 1 is 1.00 bits per heavy atom. The molecule has 0 aromatic rings. The molecule has 0 fully saturated rings. The summed E-state index contributed by atoms with van der Waals surface area (Å²) in [4.78, 5) is 0. The zero-order valence-electron chi connectivity index (χ0n) is 7.44. The molecule has 0 aliphatic rings. The summed E-state index contributed by atoms with van der Waals surface area (Å²) in [5.41, 5.74) is 0. The van der Waals surface area contributed by atoms with Gasteiger partial charge in [0, 0.05) is 0 Å². The molecule has 0 rings (SSSR count). The SMILES string of the molecule is BB=BB=BB=BB=BOSC. The van der Waals surface area contributed by atoms with Gasteiger partial charge in [-0.05, 0) is 0 Å². The third-order valence-corrected chi connectivity index (χ3v) is 1.28. The molecule has 0 heterocycles. The van der Waals surface area contributed by atoms with Crippen LogP contribution in [0.3, 0.4) is 0 Å². The Kier molecular flexibility index (Phi) is 12.5. The molecule has 0 aliphatic heterocycles. The van der Waals surface area contributed by atoms with Gasteiger partial charge in [0.25, 0.3) is 0 Å². The normalized spacial score (nSPS) is 7.42. The van der Waals surface area contributed by atoms with Crippen molar-refractivity contribution in [2.45, 2.75) is 0 Å². The van der Waals surface area contributed by atoms with E-state index in [1.807, 2.05) is 60.8 Å². The van der Waals surface area contributed by atoms with E-state index in [4.69, 9.17) is 4.10 Å². The standard InChI is InChI=1S/CH5B9OS/c1-12-11-10-9-8-7-6-5-4-3-2/h2H2,1H3. The summed E-state index contributed by atoms with van der Waals surface area (Å²) < 4.78 is 4.91. The summed E-state index contributed by atoms with van der Waals surface area (Å²) in [6, 6.07) is 0. The van der Waals surface area contributed by atoms with Crippen LogP contribution in [0.25, 0.3) is 0 Å². The molecular formula is CH5B9OS. The van der Waals surface area contributed by atoms with E-state index >= 15 is 0 Å². The Hall–Kier alpha value is 0.734. The van der Waals surface area contributed by atoms with Gasteiger partial charge in [-0.3, -0.25) is 0 Å². The third-order valence-electron chi connectivity index (χ3n) is 0.978. The Balaban J connectivity index is 3.48. The molecule has 0 N–H and O–H groups in total. The molecule has 1 nitrogen and oxygen atoms in total. The van der Waals surface area contributed by atoms with E-state index < -0.39 is 0 Å². The molecule has 11 heteroatoms. The topological polar surface area (TPSA) is 9.23 Å². The van der Waals surface area contributed by atoms with Crippen LogP contribution in [0.2, 0.25) is 0 Å². The van der Waals surface area contributed by atoms with E-state index in [0.717, 1.165) is 0 Å². The van der Waals surface area contributed by atoms with Crippen molar-refractivity contribution in [1.29, 1.82) is 0 Å². The van der Waals surface area contributed by atoms with Gasteiger partial charge in [0.15, 0.2) is 0 Å². The van der Waals surface area contributed by atoms with Gasteiger partial charge in [-0.15, -0.1) is 0 Å². The maximum absolute atomic E-state index is 4.91. The third kappa shape index (κ3) is 10.7. The first-order valence-corrected chi connectivity index (χ1v) is 4.87. The van der Waals surface area contributed by atoms with Crippen molar-refractivity contribution in [2.75, 3.05) is 6.26 Å². The van der Waals surface area contributed by atoms with Gasteiger partial charge in [0.05, 0.1) is 0 Å². The summed E-state index contributed by atoms with van der Waals surface area (Å²) in [5.74, 6) is 0. The van der Waals surface area contributed by atoms with Crippen molar-refractivity contribution in [3.63, 3.8) is 0 Å². The van der Waals surface area contributed by atoms with Crippen molar-refractivity contribution in [1.82, 2.24) is 0 Å². The van der Waals surface area contributed by atoms with Crippen LogP contribution in [0.5, 0.6) is 0 Å². The predicted molar refractivity (Wildman–Crippen MR) is 69.2 cm³/mol. The molecule has 0 aliphatic carbocycles. The van der Waals surface area contributed by atoms with Crippen molar-refractivity contribution >= 4 is 73.6 Å². The average Bonchev–Trinajstić information content (AvgIpc) is 2.10. The fraction of sp³-hybridized carbons (Fsp3) is 1.00. The first-order chi connectivity index (χ1) is 5.91. The monoisotopic (exact) mass is 164 g/mol. The minimum atomic E-state index is 1.32. The van der Waals surface area contributed by atoms with Crippen LogP contribution in [0.1, 0.15) is 0 Å². The van der Waals surface area contributed by atoms with Crippen LogP contribution in [-0.2, 0) is 4.10 Å². The number of rotatable bonds is 5. The fourth-order valence-electron chi connectivity index (χ4n) is 0.501. The van der Waals surface area contributed by atoms with Crippen LogP contribution < -0.4 is 0 Å². The summed E-state index contributed by atoms with van der Waals surface area (Å²) in [5, 5.41) is 0. The molecule has 0 spiro atoms. The first kappa shape index (κ1) is 12.7. The second kappa shape index (κ2) is 11.7. The number of hydrogen-bond donors (Lipinski definition) is 0. The maximum atomic E-state index is 4.91. The van der Waals surface area contributed by atoms with Crippen molar-refractivity contribution < 1.29 is 4.10 Å². The molecule has 0 radical (unpaired) electrons. The molecule has 0 amide bonds. The van der Waals surface area contributed by atoms with Crippen molar-refractivity contribution in [3.8, 4) is 0 Å². The molecule has 0 saturated heterocycles. The summed E-state index contributed by atoms with van der Waals surface area (Å²) in [6.07, 6.45) is 1.88. The minimum absolute atomic E-state index is 1.32. The van der Waals surface area contributed by atoms with Crippen molar-refractivity contribution in [2.24, 2.45) is 0 Å². The van der Waals surface area contributed by atoms with Crippen LogP contribution in [-0.4, -0.2) is 67.8 Å². The van der Waals surface area contributed by atoms with E-state index in [-0.39, 0.29) is 0 Å². The summed E-state index contributed by atoms with van der Waals surface area (Å²) >= 11 is 1.32. The summed E-state index contributed by atoms with van der Waals surface area (Å²) in [6.45, 7) is 13.6. The van der Waals surface area contributed by atoms with Gasteiger partial charge in [0.1, 0.15) is 0 Å². The van der Waals surface area contributed by atoms with Crippen LogP contribution in [0.4, 0.5) is 0 Å². The molecule has 12 heavy (non-hydrogen) atoms. The molecule has 48 valence electrons. The molecular weight excluding hydrogens is 157 g/mol. The van der Waals surface area contributed by atoms with E-state index in [0.29, 0.717) is 0 Å². The van der Waals surface area contributed by atoms with E-state index in [9.17, 15) is 0 Å². The fourth-order valence-corrected chi connectivity index (χ4v) is 0.676. The molecule has 0 saturated carbocycles. The molecule has 0 atom stereocenters. The second-order valence-corrected chi connectivity index (χ2v) is 2.41. The van der Waals surface area contributed by atoms with Crippen LogP contribution in [0, 0.1) is 0 Å². The van der Waals surface area contributed by atoms with Crippen molar-refractivity contribution in [3.05, 3.63) is 0 Å². The Morgan fingerprint density at radius 2 is 1.58 bits per heavy atom. The predicted octanol–water partition coefficient (Wildman–Crippen LogP) is -3.22. The molecule has 0 unspecified atom stereocenters. The van der Waals surface area contributed by atoms with Crippen LogP contribution >= 0.6 is 12.0 Å². The molecule has 0 bridgehead atoms. The van der Waals surface area contributed by atoms with Gasteiger partial charge < -0.3 is 0 Å². The average molecular weight is 162 g/mol. The Morgan fingerprint density at radius 3 is 2.17 bits per heavy atom. The van der Waals surface area contributed by atoms with Gasteiger partial charge in [-0.1, -0.05) is 0 Å². The van der Waals surface area contributed by atoms with Gasteiger partial charge in [-0.25, -0.2) is 0 Å². The second-order valence-electron chi connectivity index (χ2n) is 1.89. The van der Waals surface area contributed by atoms with Gasteiger partial charge in [0.2, 0.25) is 0 Å². The Bertz CT molecular complexity index is 195. The van der Waals surface area contributed by atoms with E-state index in [2.05, 4.69) is 0 Å². The molecule has 0 aromatic heterocycles. The zero-order chi connectivity index (χ0) is 9.07. The first-order valence-electron chi connectivity index (χ1n) is 3.72. The quantitative estimate of drug-likeness (QED) is 0.311. The molecule has 0 aromatic carbocycles. The zero-order valence-corrected chi connectivity index (χ0v) is 8.25. The van der Waals surface area contributed by atoms with Gasteiger partial charge >= 0.3 is 84.0 Å². The van der Waals surface area contributed by atoms with Gasteiger partial charge in [-0.2, -0.15) is 0 Å². The van der Waals surface area contributed by atoms with E-state index in [1.54, 1.807) is 7.00 Å². The summed E-state index contributed by atoms with van der Waals surface area (Å²) in [7, 11) is 3.63. The van der Waals surface area contributed by atoms with E-state index in [1.165, 1.54) is 12.0 Å². The van der Waals surface area contributed by atoms with Crippen LogP contribution in [0.15, 0.2) is 0 Å². The Labute approximate surface area is 84.2 Å². The number of hydrogen-bond acceptors (Lipinski definition) is 2.